The molecular weight excluding hydrogens is 578 g/mol. The van der Waals surface area contributed by atoms with E-state index in [0.717, 1.165) is 72.2 Å². The highest BCUT2D eigenvalue weighted by Crippen LogP contribution is 2.43. The molecule has 2 aromatic heterocycles. The Kier molecular flexibility index (Phi) is 7.10. The van der Waals surface area contributed by atoms with E-state index in [1.807, 2.05) is 60.7 Å². The van der Waals surface area contributed by atoms with E-state index >= 15 is 0 Å². The molecule has 0 N–H and O–H groups in total. The number of carbonyl (C=O) groups excluding carboxylic acids is 1. The lowest BCUT2D eigenvalue weighted by molar-refractivity contribution is -0.106. The first kappa shape index (κ1) is 26.3. The summed E-state index contributed by atoms with van der Waals surface area (Å²) in [4.78, 5) is 24.3. The molecule has 0 atom stereocenters. The zero-order valence-electron chi connectivity index (χ0n) is 22.1. The van der Waals surface area contributed by atoms with Crippen molar-refractivity contribution in [3.63, 3.8) is 0 Å². The lowest BCUT2D eigenvalue weighted by Gasteiger charge is -2.22. The Labute approximate surface area is 256 Å². The number of aromatic nitrogens is 2. The number of rotatable bonds is 7. The molecule has 5 aromatic carbocycles. The SMILES string of the molecule is O=CN(c1ccc(Cl)cc1)c1ccc2ccc(-c3nc(-c4ccccc4)cs3)cc2c1-c1nc(-c2ccccc2)cs1. The van der Waals surface area contributed by atoms with E-state index in [1.54, 1.807) is 39.7 Å². The van der Waals surface area contributed by atoms with Gasteiger partial charge in [0.25, 0.3) is 0 Å². The van der Waals surface area contributed by atoms with E-state index in [0.29, 0.717) is 5.02 Å². The van der Waals surface area contributed by atoms with Crippen LogP contribution in [0.1, 0.15) is 0 Å². The number of nitrogens with zero attached hydrogens (tertiary/aromatic N) is 3. The number of anilines is 2. The van der Waals surface area contributed by atoms with E-state index < -0.39 is 0 Å². The second-order valence-electron chi connectivity index (χ2n) is 9.66. The fourth-order valence-electron chi connectivity index (χ4n) is 5.00. The molecule has 0 spiro atoms. The third kappa shape index (κ3) is 5.01. The van der Waals surface area contributed by atoms with Gasteiger partial charge in [-0.3, -0.25) is 9.69 Å². The monoisotopic (exact) mass is 599 g/mol. The van der Waals surface area contributed by atoms with Gasteiger partial charge in [-0.25, -0.2) is 9.97 Å². The number of amides is 1. The summed E-state index contributed by atoms with van der Waals surface area (Å²) >= 11 is 9.35. The van der Waals surface area contributed by atoms with Crippen molar-refractivity contribution in [3.05, 3.63) is 131 Å². The van der Waals surface area contributed by atoms with Crippen molar-refractivity contribution in [2.75, 3.05) is 4.90 Å². The first-order valence-electron chi connectivity index (χ1n) is 13.3. The molecular formula is C35H22ClN3OS2. The van der Waals surface area contributed by atoms with Gasteiger partial charge in [0.15, 0.2) is 0 Å². The fraction of sp³-hybridized carbons (Fsp3) is 0. The summed E-state index contributed by atoms with van der Waals surface area (Å²) in [5.41, 5.74) is 7.35. The Hall–Kier alpha value is -4.62. The molecule has 4 nitrogen and oxygen atoms in total. The summed E-state index contributed by atoms with van der Waals surface area (Å²) in [6.45, 7) is 0. The van der Waals surface area contributed by atoms with Crippen LogP contribution in [0, 0.1) is 0 Å². The van der Waals surface area contributed by atoms with E-state index in [-0.39, 0.29) is 0 Å². The third-order valence-corrected chi connectivity index (χ3v) is 9.08. The maximum atomic E-state index is 12.6. The van der Waals surface area contributed by atoms with Crippen molar-refractivity contribution in [3.8, 4) is 43.7 Å². The van der Waals surface area contributed by atoms with Crippen molar-refractivity contribution in [1.29, 1.82) is 0 Å². The van der Waals surface area contributed by atoms with Crippen LogP contribution in [-0.2, 0) is 4.79 Å². The molecule has 2 heterocycles. The molecule has 202 valence electrons. The smallest absolute Gasteiger partial charge is 0.218 e. The molecule has 0 radical (unpaired) electrons. The maximum Gasteiger partial charge on any atom is 0.218 e. The zero-order chi connectivity index (χ0) is 28.5. The van der Waals surface area contributed by atoms with Crippen LogP contribution < -0.4 is 4.90 Å². The Bertz CT molecular complexity index is 2020. The van der Waals surface area contributed by atoms with E-state index in [9.17, 15) is 4.79 Å². The van der Waals surface area contributed by atoms with Crippen LogP contribution in [0.4, 0.5) is 11.4 Å². The van der Waals surface area contributed by atoms with Crippen LogP contribution in [0.15, 0.2) is 126 Å². The molecule has 0 aliphatic heterocycles. The predicted octanol–water partition coefficient (Wildman–Crippen LogP) is 10.4. The van der Waals surface area contributed by atoms with Crippen molar-refractivity contribution >= 4 is 62.8 Å². The highest BCUT2D eigenvalue weighted by Gasteiger charge is 2.21. The Morgan fingerprint density at radius 2 is 1.24 bits per heavy atom. The minimum absolute atomic E-state index is 0.610. The Morgan fingerprint density at radius 1 is 0.643 bits per heavy atom. The summed E-state index contributed by atoms with van der Waals surface area (Å²) in [6.07, 6.45) is 0.844. The number of carbonyl (C=O) groups is 1. The molecule has 0 aliphatic carbocycles. The maximum absolute atomic E-state index is 12.6. The number of hydrogen-bond donors (Lipinski definition) is 0. The molecule has 0 saturated heterocycles. The number of hydrogen-bond acceptors (Lipinski definition) is 5. The lowest BCUT2D eigenvalue weighted by Crippen LogP contribution is -2.15. The molecule has 7 heteroatoms. The van der Waals surface area contributed by atoms with E-state index in [4.69, 9.17) is 21.6 Å². The van der Waals surface area contributed by atoms with Gasteiger partial charge in [0.2, 0.25) is 6.41 Å². The second-order valence-corrected chi connectivity index (χ2v) is 11.8. The van der Waals surface area contributed by atoms with Crippen molar-refractivity contribution in [2.45, 2.75) is 0 Å². The highest BCUT2D eigenvalue weighted by molar-refractivity contribution is 7.14. The lowest BCUT2D eigenvalue weighted by atomic mass is 9.99. The number of benzene rings is 5. The topological polar surface area (TPSA) is 46.1 Å². The molecule has 0 saturated carbocycles. The predicted molar refractivity (Wildman–Crippen MR) is 177 cm³/mol. The third-order valence-electron chi connectivity index (χ3n) is 7.08. The Balaban J connectivity index is 1.42. The van der Waals surface area contributed by atoms with E-state index in [2.05, 4.69) is 53.2 Å². The molecule has 42 heavy (non-hydrogen) atoms. The minimum atomic E-state index is 0.610. The van der Waals surface area contributed by atoms with Crippen LogP contribution in [0.3, 0.4) is 0 Å². The molecule has 0 unspecified atom stereocenters. The van der Waals surface area contributed by atoms with Crippen molar-refractivity contribution in [1.82, 2.24) is 9.97 Å². The fourth-order valence-corrected chi connectivity index (χ4v) is 6.85. The Morgan fingerprint density at radius 3 is 1.88 bits per heavy atom. The summed E-state index contributed by atoms with van der Waals surface area (Å²) in [7, 11) is 0. The van der Waals surface area contributed by atoms with Gasteiger partial charge < -0.3 is 0 Å². The highest BCUT2D eigenvalue weighted by atomic mass is 35.5. The molecule has 7 rings (SSSR count). The van der Waals surface area contributed by atoms with Crippen molar-refractivity contribution < 1.29 is 4.79 Å². The van der Waals surface area contributed by atoms with Crippen LogP contribution >= 0.6 is 34.3 Å². The standard InChI is InChI=1S/C35H22ClN3OS2/c36-27-14-16-28(17-15-27)39(22-40)32-18-13-23-11-12-26(34-37-30(20-41-34)24-7-3-1-4-8-24)19-29(23)33(32)35-38-31(21-42-35)25-9-5-2-6-10-25/h1-22H. The zero-order valence-corrected chi connectivity index (χ0v) is 24.5. The normalized spacial score (nSPS) is 11.1. The largest absolute Gasteiger partial charge is 0.283 e. The molecule has 0 bridgehead atoms. The van der Waals surface area contributed by atoms with Gasteiger partial charge in [-0.1, -0.05) is 90.5 Å². The summed E-state index contributed by atoms with van der Waals surface area (Å²) < 4.78 is 0. The van der Waals surface area contributed by atoms with Crippen molar-refractivity contribution in [2.24, 2.45) is 0 Å². The van der Waals surface area contributed by atoms with Gasteiger partial charge >= 0.3 is 0 Å². The molecule has 0 aliphatic rings. The number of fused-ring (bicyclic) bond motifs is 1. The molecule has 1 amide bonds. The van der Waals surface area contributed by atoms with Gasteiger partial charge in [-0.05, 0) is 47.2 Å². The van der Waals surface area contributed by atoms with Crippen LogP contribution in [0.25, 0.3) is 54.4 Å². The van der Waals surface area contributed by atoms with Gasteiger partial charge in [0.1, 0.15) is 10.0 Å². The summed E-state index contributed by atoms with van der Waals surface area (Å²) in [6, 6.07) is 38.0. The molecule has 0 fully saturated rings. The van der Waals surface area contributed by atoms with E-state index in [1.165, 1.54) is 0 Å². The van der Waals surface area contributed by atoms with Gasteiger partial charge in [0.05, 0.1) is 17.1 Å². The van der Waals surface area contributed by atoms with Gasteiger partial charge in [-0.15, -0.1) is 22.7 Å². The first-order valence-corrected chi connectivity index (χ1v) is 15.4. The minimum Gasteiger partial charge on any atom is -0.283 e. The average Bonchev–Trinajstić information content (AvgIpc) is 3.74. The quantitative estimate of drug-likeness (QED) is 0.171. The van der Waals surface area contributed by atoms with Crippen LogP contribution in [0.2, 0.25) is 5.02 Å². The average molecular weight is 600 g/mol. The van der Waals surface area contributed by atoms with Crippen LogP contribution in [-0.4, -0.2) is 16.4 Å². The summed E-state index contributed by atoms with van der Waals surface area (Å²) in [5.74, 6) is 0. The number of halogens is 1. The summed E-state index contributed by atoms with van der Waals surface area (Å²) in [5, 5.41) is 8.58. The first-order chi connectivity index (χ1) is 20.7. The van der Waals surface area contributed by atoms with Gasteiger partial charge in [-0.2, -0.15) is 0 Å². The molecule has 7 aromatic rings. The number of thiazole rings is 2. The van der Waals surface area contributed by atoms with Gasteiger partial charge in [0, 0.05) is 43.7 Å². The van der Waals surface area contributed by atoms with Crippen LogP contribution in [0.5, 0.6) is 0 Å². The second kappa shape index (κ2) is 11.3.